The number of nitrogens with zero attached hydrogens (tertiary/aromatic N) is 1. The Kier molecular flexibility index (Phi) is 9.63. The van der Waals surface area contributed by atoms with E-state index >= 15 is 0 Å². The first-order valence-electron chi connectivity index (χ1n) is 6.68. The van der Waals surface area contributed by atoms with Gasteiger partial charge in [0.15, 0.2) is 0 Å². The molecule has 0 bridgehead atoms. The summed E-state index contributed by atoms with van der Waals surface area (Å²) in [7, 11) is -1.56. The Labute approximate surface area is 112 Å². The molecule has 1 atom stereocenters. The first kappa shape index (κ1) is 17.8. The largest absolute Gasteiger partial charge is 0.383 e. The zero-order valence-electron chi connectivity index (χ0n) is 12.1. The smallest absolute Gasteiger partial charge is 0.214 e. The van der Waals surface area contributed by atoms with Crippen molar-refractivity contribution in [3.05, 3.63) is 0 Å². The first-order valence-corrected chi connectivity index (χ1v) is 8.29. The summed E-state index contributed by atoms with van der Waals surface area (Å²) in [6.07, 6.45) is 1.59. The maximum atomic E-state index is 12.2. The van der Waals surface area contributed by atoms with Gasteiger partial charge in [-0.1, -0.05) is 13.8 Å². The van der Waals surface area contributed by atoms with Gasteiger partial charge in [-0.05, 0) is 32.9 Å². The van der Waals surface area contributed by atoms with E-state index in [2.05, 4.69) is 5.32 Å². The van der Waals surface area contributed by atoms with E-state index in [-0.39, 0.29) is 11.8 Å². The minimum atomic E-state index is -3.16. The number of hydrogen-bond acceptors (Lipinski definition) is 4. The third-order valence-electron chi connectivity index (χ3n) is 2.82. The van der Waals surface area contributed by atoms with Crippen LogP contribution in [0.4, 0.5) is 0 Å². The number of ether oxygens (including phenoxy) is 1. The van der Waals surface area contributed by atoms with Gasteiger partial charge < -0.3 is 10.1 Å². The van der Waals surface area contributed by atoms with Gasteiger partial charge in [-0.15, -0.1) is 0 Å². The van der Waals surface area contributed by atoms with Crippen molar-refractivity contribution in [3.63, 3.8) is 0 Å². The molecular weight excluding hydrogens is 252 g/mol. The lowest BCUT2D eigenvalue weighted by Gasteiger charge is -2.26. The number of unbranched alkanes of at least 4 members (excludes halogenated alkanes) is 1. The third-order valence-corrected chi connectivity index (χ3v) is 4.96. The first-order chi connectivity index (χ1) is 8.49. The van der Waals surface area contributed by atoms with Crippen molar-refractivity contribution in [2.45, 2.75) is 39.7 Å². The van der Waals surface area contributed by atoms with Crippen molar-refractivity contribution >= 4 is 10.0 Å². The summed E-state index contributed by atoms with van der Waals surface area (Å²) < 4.78 is 30.9. The van der Waals surface area contributed by atoms with Crippen molar-refractivity contribution in [2.75, 3.05) is 39.1 Å². The quantitative estimate of drug-likeness (QED) is 0.575. The molecule has 0 aromatic heterocycles. The summed E-state index contributed by atoms with van der Waals surface area (Å²) in [4.78, 5) is 0. The van der Waals surface area contributed by atoms with E-state index in [1.807, 2.05) is 20.8 Å². The topological polar surface area (TPSA) is 58.6 Å². The van der Waals surface area contributed by atoms with Gasteiger partial charge in [0.1, 0.15) is 0 Å². The predicted octanol–water partition coefficient (Wildman–Crippen LogP) is 1.06. The minimum Gasteiger partial charge on any atom is -0.383 e. The normalized spacial score (nSPS) is 14.1. The second-order valence-electron chi connectivity index (χ2n) is 4.38. The van der Waals surface area contributed by atoms with Crippen LogP contribution in [-0.4, -0.2) is 57.9 Å². The van der Waals surface area contributed by atoms with Gasteiger partial charge in [-0.25, -0.2) is 8.42 Å². The molecule has 1 N–H and O–H groups in total. The predicted molar refractivity (Wildman–Crippen MR) is 75.3 cm³/mol. The second-order valence-corrected chi connectivity index (χ2v) is 6.43. The van der Waals surface area contributed by atoms with Crippen LogP contribution in [-0.2, 0) is 14.8 Å². The van der Waals surface area contributed by atoms with Crippen molar-refractivity contribution in [1.82, 2.24) is 9.62 Å². The lowest BCUT2D eigenvalue weighted by atomic mass is 10.3. The minimum absolute atomic E-state index is 0.0984. The Balaban J connectivity index is 4.22. The van der Waals surface area contributed by atoms with Crippen molar-refractivity contribution in [2.24, 2.45) is 0 Å². The van der Waals surface area contributed by atoms with Gasteiger partial charge in [0.25, 0.3) is 0 Å². The van der Waals surface area contributed by atoms with Gasteiger partial charge >= 0.3 is 0 Å². The SMILES string of the molecule is CCNCCCCS(=O)(=O)N(CC)C(C)COC. The van der Waals surface area contributed by atoms with Crippen LogP contribution in [0.25, 0.3) is 0 Å². The molecule has 0 spiro atoms. The third kappa shape index (κ3) is 6.68. The Hall–Kier alpha value is -0.170. The van der Waals surface area contributed by atoms with E-state index in [0.29, 0.717) is 19.6 Å². The molecule has 0 rings (SSSR count). The summed E-state index contributed by atoms with van der Waals surface area (Å²) in [5, 5.41) is 3.19. The van der Waals surface area contributed by atoms with Gasteiger partial charge in [0, 0.05) is 19.7 Å². The van der Waals surface area contributed by atoms with Crippen LogP contribution in [0.5, 0.6) is 0 Å². The molecular formula is C12H28N2O3S. The summed E-state index contributed by atoms with van der Waals surface area (Å²) >= 11 is 0. The van der Waals surface area contributed by atoms with Crippen LogP contribution in [0, 0.1) is 0 Å². The van der Waals surface area contributed by atoms with E-state index in [4.69, 9.17) is 4.74 Å². The van der Waals surface area contributed by atoms with Crippen LogP contribution in [0.1, 0.15) is 33.6 Å². The molecule has 5 nitrogen and oxygen atoms in total. The van der Waals surface area contributed by atoms with Crippen LogP contribution in [0.2, 0.25) is 0 Å². The van der Waals surface area contributed by atoms with Crippen LogP contribution in [0.3, 0.4) is 0 Å². The molecule has 0 aliphatic heterocycles. The van der Waals surface area contributed by atoms with Crippen LogP contribution >= 0.6 is 0 Å². The molecule has 1 unspecified atom stereocenters. The number of hydrogen-bond donors (Lipinski definition) is 1. The van der Waals surface area contributed by atoms with E-state index in [9.17, 15) is 8.42 Å². The maximum absolute atomic E-state index is 12.2. The summed E-state index contributed by atoms with van der Waals surface area (Å²) in [6, 6.07) is -0.0984. The maximum Gasteiger partial charge on any atom is 0.214 e. The standard InChI is InChI=1S/C12H28N2O3S/c1-5-13-9-7-8-10-18(15,16)14(6-2)12(3)11-17-4/h12-13H,5-11H2,1-4H3. The van der Waals surface area contributed by atoms with Crippen molar-refractivity contribution in [3.8, 4) is 0 Å². The molecule has 0 radical (unpaired) electrons. The molecule has 0 aliphatic carbocycles. The lowest BCUT2D eigenvalue weighted by molar-refractivity contribution is 0.142. The molecule has 18 heavy (non-hydrogen) atoms. The summed E-state index contributed by atoms with van der Waals surface area (Å²) in [5.41, 5.74) is 0. The second kappa shape index (κ2) is 9.72. The van der Waals surface area contributed by atoms with Gasteiger partial charge in [-0.2, -0.15) is 4.31 Å². The number of methoxy groups -OCH3 is 1. The molecule has 110 valence electrons. The molecule has 0 aliphatic rings. The highest BCUT2D eigenvalue weighted by Gasteiger charge is 2.24. The number of rotatable bonds is 11. The summed E-state index contributed by atoms with van der Waals surface area (Å²) in [5.74, 6) is 0.223. The Morgan fingerprint density at radius 2 is 1.94 bits per heavy atom. The summed E-state index contributed by atoms with van der Waals surface area (Å²) in [6.45, 7) is 8.53. The lowest BCUT2D eigenvalue weighted by Crippen LogP contribution is -2.42. The molecule has 0 saturated carbocycles. The Morgan fingerprint density at radius 3 is 2.44 bits per heavy atom. The van der Waals surface area contributed by atoms with Crippen LogP contribution in [0.15, 0.2) is 0 Å². The highest BCUT2D eigenvalue weighted by molar-refractivity contribution is 7.89. The molecule has 0 saturated heterocycles. The fourth-order valence-electron chi connectivity index (χ4n) is 1.94. The van der Waals surface area contributed by atoms with E-state index in [0.717, 1.165) is 19.5 Å². The number of nitrogens with one attached hydrogen (secondary N) is 1. The monoisotopic (exact) mass is 280 g/mol. The molecule has 0 fully saturated rings. The number of likely N-dealkylation sites (N-methyl/N-ethyl adjacent to an activating group) is 1. The average Bonchev–Trinajstić information content (AvgIpc) is 2.29. The fourth-order valence-corrected chi connectivity index (χ4v) is 3.74. The molecule has 0 amide bonds. The Morgan fingerprint density at radius 1 is 1.28 bits per heavy atom. The highest BCUT2D eigenvalue weighted by atomic mass is 32.2. The number of sulfonamides is 1. The zero-order valence-corrected chi connectivity index (χ0v) is 12.9. The van der Waals surface area contributed by atoms with Gasteiger partial charge in [0.05, 0.1) is 12.4 Å². The van der Waals surface area contributed by atoms with Gasteiger partial charge in [-0.3, -0.25) is 0 Å². The Bertz CT molecular complexity index is 294. The van der Waals surface area contributed by atoms with Crippen molar-refractivity contribution < 1.29 is 13.2 Å². The average molecular weight is 280 g/mol. The molecule has 0 heterocycles. The van der Waals surface area contributed by atoms with Crippen molar-refractivity contribution in [1.29, 1.82) is 0 Å². The molecule has 0 aromatic rings. The fraction of sp³-hybridized carbons (Fsp3) is 1.00. The van der Waals surface area contributed by atoms with E-state index in [1.54, 1.807) is 7.11 Å². The van der Waals surface area contributed by atoms with Gasteiger partial charge in [0.2, 0.25) is 10.0 Å². The van der Waals surface area contributed by atoms with Crippen LogP contribution < -0.4 is 5.32 Å². The molecule has 0 aromatic carbocycles. The zero-order chi connectivity index (χ0) is 14.0. The van der Waals surface area contributed by atoms with E-state index in [1.165, 1.54) is 4.31 Å². The molecule has 6 heteroatoms. The highest BCUT2D eigenvalue weighted by Crippen LogP contribution is 2.10. The van der Waals surface area contributed by atoms with E-state index < -0.39 is 10.0 Å².